The summed E-state index contributed by atoms with van der Waals surface area (Å²) in [7, 11) is 0. The van der Waals surface area contributed by atoms with Crippen LogP contribution in [0.1, 0.15) is 74.5 Å². The van der Waals surface area contributed by atoms with Gasteiger partial charge in [-0.15, -0.1) is 0 Å². The topological polar surface area (TPSA) is 105 Å². The van der Waals surface area contributed by atoms with Crippen LogP contribution in [-0.4, -0.2) is 56.4 Å². The number of benzene rings is 1. The van der Waals surface area contributed by atoms with E-state index in [0.717, 1.165) is 44.2 Å². The minimum absolute atomic E-state index is 0.0323. The van der Waals surface area contributed by atoms with E-state index in [1.165, 1.54) is 47.1 Å². The molecule has 5 aliphatic rings. The number of hydrogen-bond acceptors (Lipinski definition) is 6. The molecule has 3 aromatic rings. The standard InChI is InChI=1S/C18H24O2.C16H18F2N4O/c1-18-9-8-14-13-5-3-12(19)10-11(13)2-4-15(14)16(18)6-7-17(18)20;17-11-7-20-12-1-2-13(23)22-9-16(18,14(11)15(12)22)8-21-5-3-10(19)4-6-21/h3,5,10,14-17,19-20H,2,4,6-9H2,1H3;1-2,7,10H,3-6,8-9,19H2/t14-,15-,16+,17+,18+;/m1./s1. The lowest BCUT2D eigenvalue weighted by Gasteiger charge is -2.50. The molecule has 2 saturated carbocycles. The van der Waals surface area contributed by atoms with Crippen molar-refractivity contribution in [1.29, 1.82) is 0 Å². The van der Waals surface area contributed by atoms with Gasteiger partial charge in [-0.25, -0.2) is 8.78 Å². The van der Waals surface area contributed by atoms with E-state index in [4.69, 9.17) is 5.73 Å². The van der Waals surface area contributed by atoms with E-state index in [-0.39, 0.29) is 47.3 Å². The Kier molecular flexibility index (Phi) is 7.14. The van der Waals surface area contributed by atoms with Crippen LogP contribution in [0, 0.1) is 23.1 Å². The van der Waals surface area contributed by atoms with Crippen LogP contribution in [0.4, 0.5) is 8.78 Å². The van der Waals surface area contributed by atoms with E-state index in [1.54, 1.807) is 0 Å². The summed E-state index contributed by atoms with van der Waals surface area (Å²) < 4.78 is 31.3. The van der Waals surface area contributed by atoms with Crippen molar-refractivity contribution in [1.82, 2.24) is 14.5 Å². The summed E-state index contributed by atoms with van der Waals surface area (Å²) in [6.45, 7) is 3.60. The molecule has 1 saturated heterocycles. The number of aliphatic hydroxyl groups excluding tert-OH is 1. The van der Waals surface area contributed by atoms with Gasteiger partial charge in [-0.3, -0.25) is 14.7 Å². The molecular formula is C34H42F2N4O3. The highest BCUT2D eigenvalue weighted by Gasteiger charge is 2.54. The predicted octanol–water partition coefficient (Wildman–Crippen LogP) is 4.75. The second-order valence-corrected chi connectivity index (χ2v) is 14.0. The number of aliphatic hydroxyl groups is 1. The van der Waals surface area contributed by atoms with Crippen molar-refractivity contribution >= 4 is 11.0 Å². The Morgan fingerprint density at radius 2 is 1.88 bits per heavy atom. The zero-order valence-electron chi connectivity index (χ0n) is 24.8. The third-order valence-corrected chi connectivity index (χ3v) is 11.6. The number of likely N-dealkylation sites (tertiary alicyclic amines) is 1. The fourth-order valence-electron chi connectivity index (χ4n) is 9.29. The molecule has 3 fully saturated rings. The van der Waals surface area contributed by atoms with E-state index >= 15 is 4.39 Å². The van der Waals surface area contributed by atoms with Crippen LogP contribution in [0.15, 0.2) is 41.3 Å². The van der Waals surface area contributed by atoms with Crippen LogP contribution in [0.5, 0.6) is 5.75 Å². The Balaban J connectivity index is 0.000000141. The number of aromatic hydroxyl groups is 1. The molecule has 0 radical (unpaired) electrons. The van der Waals surface area contributed by atoms with Gasteiger partial charge in [-0.1, -0.05) is 13.0 Å². The van der Waals surface area contributed by atoms with E-state index < -0.39 is 11.5 Å². The lowest BCUT2D eigenvalue weighted by molar-refractivity contribution is -0.0226. The number of piperidine rings is 1. The highest BCUT2D eigenvalue weighted by Crippen LogP contribution is 2.60. The van der Waals surface area contributed by atoms with Gasteiger partial charge in [0.05, 0.1) is 35.4 Å². The Morgan fingerprint density at radius 3 is 2.67 bits per heavy atom. The van der Waals surface area contributed by atoms with Gasteiger partial charge in [0.2, 0.25) is 0 Å². The number of aromatic nitrogens is 2. The van der Waals surface area contributed by atoms with Crippen LogP contribution in [0.3, 0.4) is 0 Å². The first-order chi connectivity index (χ1) is 20.6. The summed E-state index contributed by atoms with van der Waals surface area (Å²) in [4.78, 5) is 18.0. The Bertz CT molecular complexity index is 1600. The zero-order valence-corrected chi connectivity index (χ0v) is 24.8. The van der Waals surface area contributed by atoms with Crippen LogP contribution in [0.25, 0.3) is 11.0 Å². The Hall–Kier alpha value is -2.88. The number of fused-ring (bicyclic) bond motifs is 5. The highest BCUT2D eigenvalue weighted by molar-refractivity contribution is 5.81. The lowest BCUT2D eigenvalue weighted by Crippen LogP contribution is -2.46. The van der Waals surface area contributed by atoms with E-state index in [1.807, 2.05) is 17.0 Å². The second kappa shape index (κ2) is 10.6. The summed E-state index contributed by atoms with van der Waals surface area (Å²) in [6.07, 6.45) is 9.43. The first-order valence-electron chi connectivity index (χ1n) is 15.9. The molecule has 4 heterocycles. The maximum absolute atomic E-state index is 15.7. The van der Waals surface area contributed by atoms with Crippen molar-refractivity contribution in [2.45, 2.75) is 88.6 Å². The van der Waals surface area contributed by atoms with Gasteiger partial charge in [0.25, 0.3) is 5.56 Å². The van der Waals surface area contributed by atoms with Crippen molar-refractivity contribution in [3.8, 4) is 5.75 Å². The molecule has 0 spiro atoms. The molecule has 230 valence electrons. The molecule has 2 aliphatic heterocycles. The molecule has 9 heteroatoms. The van der Waals surface area contributed by atoms with Crippen LogP contribution in [-0.2, 0) is 18.6 Å². The molecule has 6 atom stereocenters. The largest absolute Gasteiger partial charge is 0.508 e. The van der Waals surface area contributed by atoms with Crippen molar-refractivity contribution in [3.05, 3.63) is 69.4 Å². The molecule has 1 aromatic carbocycles. The van der Waals surface area contributed by atoms with Crippen molar-refractivity contribution < 1.29 is 19.0 Å². The van der Waals surface area contributed by atoms with Gasteiger partial charge in [0.15, 0.2) is 5.67 Å². The summed E-state index contributed by atoms with van der Waals surface area (Å²) in [5.74, 6) is 1.80. The number of nitrogens with zero attached hydrogens (tertiary/aromatic N) is 3. The molecule has 0 amide bonds. The number of halogens is 2. The fraction of sp³-hybridized carbons (Fsp3) is 0.588. The van der Waals surface area contributed by atoms with Crippen molar-refractivity contribution in [3.63, 3.8) is 0 Å². The fourth-order valence-corrected chi connectivity index (χ4v) is 9.29. The summed E-state index contributed by atoms with van der Waals surface area (Å²) in [6, 6.07) is 8.97. The number of phenols is 1. The van der Waals surface area contributed by atoms with Crippen LogP contribution in [0.2, 0.25) is 0 Å². The maximum Gasteiger partial charge on any atom is 0.251 e. The number of hydrogen-bond donors (Lipinski definition) is 3. The average molecular weight is 593 g/mol. The molecule has 3 aliphatic carbocycles. The summed E-state index contributed by atoms with van der Waals surface area (Å²) in [5, 5.41) is 20.0. The molecule has 2 aromatic heterocycles. The molecule has 43 heavy (non-hydrogen) atoms. The van der Waals surface area contributed by atoms with Crippen LogP contribution >= 0.6 is 0 Å². The van der Waals surface area contributed by atoms with Crippen molar-refractivity contribution in [2.24, 2.45) is 23.0 Å². The number of aryl methyl sites for hydroxylation is 1. The van der Waals surface area contributed by atoms with Gasteiger partial charge >= 0.3 is 0 Å². The van der Waals surface area contributed by atoms with Gasteiger partial charge in [0.1, 0.15) is 11.6 Å². The van der Waals surface area contributed by atoms with Crippen molar-refractivity contribution in [2.75, 3.05) is 19.6 Å². The predicted molar refractivity (Wildman–Crippen MR) is 161 cm³/mol. The minimum Gasteiger partial charge on any atom is -0.508 e. The highest BCUT2D eigenvalue weighted by atomic mass is 19.1. The van der Waals surface area contributed by atoms with E-state index in [9.17, 15) is 19.4 Å². The number of nitrogens with two attached hydrogens (primary N) is 1. The molecule has 0 bridgehead atoms. The monoisotopic (exact) mass is 592 g/mol. The smallest absolute Gasteiger partial charge is 0.251 e. The lowest BCUT2D eigenvalue weighted by atomic mass is 9.55. The second-order valence-electron chi connectivity index (χ2n) is 14.0. The normalized spacial score (nSPS) is 33.4. The number of alkyl halides is 1. The third kappa shape index (κ3) is 4.79. The molecular weight excluding hydrogens is 550 g/mol. The van der Waals surface area contributed by atoms with Gasteiger partial charge in [-0.2, -0.15) is 0 Å². The van der Waals surface area contributed by atoms with E-state index in [0.29, 0.717) is 36.2 Å². The van der Waals surface area contributed by atoms with Crippen LogP contribution < -0.4 is 11.3 Å². The third-order valence-electron chi connectivity index (χ3n) is 11.6. The zero-order chi connectivity index (χ0) is 30.1. The SMILES string of the molecule is C[C@]12CC[C@@H]3c4ccc(O)cc4CC[C@H]3[C@@H]1CC[C@@H]2O.NC1CCN(CC2(F)Cn3c(=O)ccc4ncc(F)c2c43)CC1. The summed E-state index contributed by atoms with van der Waals surface area (Å²) in [5.41, 5.74) is 7.33. The summed E-state index contributed by atoms with van der Waals surface area (Å²) >= 11 is 0. The van der Waals surface area contributed by atoms with Gasteiger partial charge in [0, 0.05) is 18.7 Å². The van der Waals surface area contributed by atoms with E-state index in [2.05, 4.69) is 18.0 Å². The molecule has 7 nitrogen and oxygen atoms in total. The minimum atomic E-state index is -1.92. The first-order valence-corrected chi connectivity index (χ1v) is 15.9. The molecule has 1 unspecified atom stereocenters. The molecule has 4 N–H and O–H groups in total. The van der Waals surface area contributed by atoms with Gasteiger partial charge < -0.3 is 20.5 Å². The first kappa shape index (κ1) is 28.9. The number of pyridine rings is 2. The average Bonchev–Trinajstić information content (AvgIpc) is 3.47. The Morgan fingerprint density at radius 1 is 1.09 bits per heavy atom. The number of rotatable bonds is 2. The number of phenolic OH excluding ortho intramolecular Hbond substituents is 1. The maximum atomic E-state index is 15.7. The molecule has 8 rings (SSSR count). The Labute approximate surface area is 250 Å². The quantitative estimate of drug-likeness (QED) is 0.397. The van der Waals surface area contributed by atoms with Gasteiger partial charge in [-0.05, 0) is 117 Å².